The topological polar surface area (TPSA) is 38.0 Å². The number of fused-ring (bicyclic) bond motifs is 1. The average molecular weight is 381 g/mol. The number of phenols is 1. The molecule has 2 aromatic heterocycles. The molecule has 0 bridgehead atoms. The highest BCUT2D eigenvalue weighted by atomic mass is 28.3. The second-order valence-corrected chi connectivity index (χ2v) is 14.3. The Bertz CT molecular complexity index is 905. The number of phenolic OH excluding ortho intramolecular Hbond substituents is 1. The third-order valence-electron chi connectivity index (χ3n) is 6.21. The van der Waals surface area contributed by atoms with E-state index in [1.165, 1.54) is 10.9 Å². The molecule has 0 unspecified atom stereocenters. The van der Waals surface area contributed by atoms with Gasteiger partial charge in [0.15, 0.2) is 8.24 Å². The molecule has 0 aliphatic rings. The van der Waals surface area contributed by atoms with Crippen molar-refractivity contribution in [1.29, 1.82) is 0 Å². The van der Waals surface area contributed by atoms with Gasteiger partial charge >= 0.3 is 0 Å². The highest BCUT2D eigenvalue weighted by Gasteiger charge is 2.46. The summed E-state index contributed by atoms with van der Waals surface area (Å²) in [7, 11) is -1.89. The molecule has 0 aliphatic heterocycles. The fourth-order valence-corrected chi connectivity index (χ4v) is 11.9. The summed E-state index contributed by atoms with van der Waals surface area (Å²) in [5, 5.41) is 11.5. The lowest BCUT2D eigenvalue weighted by molar-refractivity contribution is 0.469. The average Bonchev–Trinajstić information content (AvgIpc) is 2.96. The van der Waals surface area contributed by atoms with E-state index in [1.54, 1.807) is 6.07 Å². The van der Waals surface area contributed by atoms with Crippen LogP contribution in [0.3, 0.4) is 0 Å². The minimum Gasteiger partial charge on any atom is -0.508 e. The van der Waals surface area contributed by atoms with Crippen molar-refractivity contribution in [2.24, 2.45) is 0 Å². The molecule has 0 saturated heterocycles. The van der Waals surface area contributed by atoms with Crippen LogP contribution >= 0.6 is 0 Å². The number of para-hydroxylation sites is 1. The number of pyridine rings is 1. The highest BCUT2D eigenvalue weighted by molar-refractivity contribution is 6.82. The summed E-state index contributed by atoms with van der Waals surface area (Å²) in [5.41, 5.74) is 5.13. The first kappa shape index (κ1) is 19.7. The minimum absolute atomic E-state index is 0.363. The molecule has 27 heavy (non-hydrogen) atoms. The predicted molar refractivity (Wildman–Crippen MR) is 117 cm³/mol. The second kappa shape index (κ2) is 7.51. The van der Waals surface area contributed by atoms with Gasteiger partial charge < -0.3 is 9.34 Å². The molecule has 0 radical (unpaired) electrons. The van der Waals surface area contributed by atoms with E-state index >= 15 is 0 Å². The molecular formula is C23H32N2OSi. The van der Waals surface area contributed by atoms with Crippen LogP contribution in [0.25, 0.3) is 11.0 Å². The summed E-state index contributed by atoms with van der Waals surface area (Å²) >= 11 is 0. The highest BCUT2D eigenvalue weighted by Crippen LogP contribution is 2.44. The zero-order valence-corrected chi connectivity index (χ0v) is 18.4. The Labute approximate surface area is 164 Å². The first-order valence-corrected chi connectivity index (χ1v) is 12.2. The van der Waals surface area contributed by atoms with Gasteiger partial charge in [0, 0.05) is 24.2 Å². The smallest absolute Gasteiger partial charge is 0.171 e. The third-order valence-corrected chi connectivity index (χ3v) is 12.9. The zero-order valence-electron chi connectivity index (χ0n) is 17.4. The van der Waals surface area contributed by atoms with Crippen molar-refractivity contribution in [1.82, 2.24) is 9.22 Å². The number of hydrogen-bond donors (Lipinski definition) is 1. The Balaban J connectivity index is 2.24. The molecule has 3 rings (SSSR count). The van der Waals surface area contributed by atoms with Crippen LogP contribution in [0.2, 0.25) is 16.6 Å². The summed E-state index contributed by atoms with van der Waals surface area (Å²) in [4.78, 5) is 4.81. The molecule has 0 spiro atoms. The number of benzene rings is 1. The molecule has 3 aromatic rings. The van der Waals surface area contributed by atoms with E-state index in [-0.39, 0.29) is 0 Å². The van der Waals surface area contributed by atoms with Gasteiger partial charge in [-0.1, -0.05) is 59.7 Å². The van der Waals surface area contributed by atoms with Crippen molar-refractivity contribution in [2.45, 2.75) is 64.6 Å². The fourth-order valence-electron chi connectivity index (χ4n) is 5.26. The quantitative estimate of drug-likeness (QED) is 0.505. The summed E-state index contributed by atoms with van der Waals surface area (Å²) < 4.78 is 2.57. The molecule has 2 heterocycles. The SMILES string of the molecule is CC(C)[Si](C(C)C)(C(C)C)n1cc(Cc2ccccc2O)c2cccnc21. The standard InChI is InChI=1S/C23H32N2OSi/c1-16(2)27(17(3)4,18(5)6)25-15-20(21-11-9-13-24-23(21)25)14-19-10-7-8-12-22(19)26/h7-13,15-18,26H,14H2,1-6H3. The second-order valence-electron chi connectivity index (χ2n) is 8.56. The van der Waals surface area contributed by atoms with E-state index in [2.05, 4.69) is 58.0 Å². The van der Waals surface area contributed by atoms with Crippen molar-refractivity contribution >= 4 is 19.3 Å². The van der Waals surface area contributed by atoms with Crippen LogP contribution in [-0.4, -0.2) is 22.6 Å². The van der Waals surface area contributed by atoms with E-state index in [0.717, 1.165) is 17.6 Å². The van der Waals surface area contributed by atoms with Crippen LogP contribution in [0.5, 0.6) is 5.75 Å². The van der Waals surface area contributed by atoms with E-state index in [4.69, 9.17) is 4.98 Å². The van der Waals surface area contributed by atoms with Crippen molar-refractivity contribution in [3.63, 3.8) is 0 Å². The van der Waals surface area contributed by atoms with Crippen LogP contribution in [0.15, 0.2) is 48.8 Å². The Morgan fingerprint density at radius 1 is 0.889 bits per heavy atom. The molecule has 0 aliphatic carbocycles. The number of rotatable bonds is 6. The van der Waals surface area contributed by atoms with E-state index in [0.29, 0.717) is 22.4 Å². The van der Waals surface area contributed by atoms with Crippen molar-refractivity contribution in [3.8, 4) is 5.75 Å². The zero-order chi connectivity index (χ0) is 19.8. The van der Waals surface area contributed by atoms with Gasteiger partial charge in [0.1, 0.15) is 11.4 Å². The van der Waals surface area contributed by atoms with Crippen LogP contribution in [0.1, 0.15) is 52.7 Å². The van der Waals surface area contributed by atoms with Gasteiger partial charge in [-0.2, -0.15) is 0 Å². The van der Waals surface area contributed by atoms with Crippen molar-refractivity contribution in [2.75, 3.05) is 0 Å². The number of nitrogens with zero attached hydrogens (tertiary/aromatic N) is 2. The van der Waals surface area contributed by atoms with Gasteiger partial charge in [-0.25, -0.2) is 4.98 Å². The number of hydrogen-bond acceptors (Lipinski definition) is 2. The van der Waals surface area contributed by atoms with Gasteiger partial charge in [-0.05, 0) is 45.9 Å². The van der Waals surface area contributed by atoms with Gasteiger partial charge in [-0.15, -0.1) is 0 Å². The summed E-state index contributed by atoms with van der Waals surface area (Å²) in [6.07, 6.45) is 4.97. The first-order chi connectivity index (χ1) is 12.8. The molecular weight excluding hydrogens is 348 g/mol. The van der Waals surface area contributed by atoms with Gasteiger partial charge in [0.05, 0.1) is 0 Å². The normalized spacial score (nSPS) is 12.6. The molecule has 1 N–H and O–H groups in total. The molecule has 3 nitrogen and oxygen atoms in total. The predicted octanol–water partition coefficient (Wildman–Crippen LogP) is 6.36. The Morgan fingerprint density at radius 3 is 2.11 bits per heavy atom. The van der Waals surface area contributed by atoms with Crippen LogP contribution in [0.4, 0.5) is 0 Å². The lowest BCUT2D eigenvalue weighted by atomic mass is 10.0. The fraction of sp³-hybridized carbons (Fsp3) is 0.435. The Hall–Kier alpha value is -2.07. The molecule has 1 aromatic carbocycles. The molecule has 4 heteroatoms. The summed E-state index contributed by atoms with van der Waals surface area (Å²) in [5.74, 6) is 0.363. The van der Waals surface area contributed by atoms with Gasteiger partial charge in [-0.3, -0.25) is 0 Å². The van der Waals surface area contributed by atoms with E-state index < -0.39 is 8.24 Å². The molecule has 144 valence electrons. The van der Waals surface area contributed by atoms with Crippen molar-refractivity contribution < 1.29 is 5.11 Å². The van der Waals surface area contributed by atoms with Crippen molar-refractivity contribution in [3.05, 3.63) is 59.9 Å². The molecule has 0 saturated carbocycles. The van der Waals surface area contributed by atoms with Gasteiger partial charge in [0.2, 0.25) is 0 Å². The number of aromatic hydroxyl groups is 1. The maximum atomic E-state index is 10.3. The lowest BCUT2D eigenvalue weighted by Crippen LogP contribution is -2.51. The summed E-state index contributed by atoms with van der Waals surface area (Å²) in [6, 6.07) is 11.8. The Morgan fingerprint density at radius 2 is 1.52 bits per heavy atom. The van der Waals surface area contributed by atoms with Crippen LogP contribution in [0, 0.1) is 0 Å². The lowest BCUT2D eigenvalue weighted by Gasteiger charge is -2.44. The maximum Gasteiger partial charge on any atom is 0.171 e. The minimum atomic E-state index is -1.89. The molecule has 0 fully saturated rings. The largest absolute Gasteiger partial charge is 0.508 e. The van der Waals surface area contributed by atoms with E-state index in [9.17, 15) is 5.11 Å². The van der Waals surface area contributed by atoms with Gasteiger partial charge in [0.25, 0.3) is 0 Å². The third kappa shape index (κ3) is 3.20. The molecule has 0 amide bonds. The maximum absolute atomic E-state index is 10.3. The number of aromatic nitrogens is 2. The first-order valence-electron chi connectivity index (χ1n) is 10.0. The summed E-state index contributed by atoms with van der Waals surface area (Å²) in [6.45, 7) is 14.3. The Kier molecular flexibility index (Phi) is 5.47. The van der Waals surface area contributed by atoms with Crippen LogP contribution in [-0.2, 0) is 6.42 Å². The molecule has 0 atom stereocenters. The van der Waals surface area contributed by atoms with E-state index in [1.807, 2.05) is 30.5 Å². The van der Waals surface area contributed by atoms with Crippen LogP contribution < -0.4 is 0 Å². The monoisotopic (exact) mass is 380 g/mol.